The van der Waals surface area contributed by atoms with Gasteiger partial charge in [0.05, 0.1) is 6.10 Å². The van der Waals surface area contributed by atoms with Crippen molar-refractivity contribution in [1.29, 1.82) is 0 Å². The van der Waals surface area contributed by atoms with Crippen LogP contribution in [0.1, 0.15) is 19.8 Å². The minimum atomic E-state index is -1.31. The van der Waals surface area contributed by atoms with E-state index >= 15 is 0 Å². The number of hydrogen-bond acceptors (Lipinski definition) is 4. The van der Waals surface area contributed by atoms with Crippen molar-refractivity contribution in [3.05, 3.63) is 0 Å². The van der Waals surface area contributed by atoms with Gasteiger partial charge in [0.1, 0.15) is 0 Å². The molecule has 3 N–H and O–H groups in total. The molecule has 120 valence electrons. The Balaban J connectivity index is 2.52. The molecule has 8 heteroatoms. The summed E-state index contributed by atoms with van der Waals surface area (Å²) in [5, 5.41) is 20.6. The van der Waals surface area contributed by atoms with E-state index in [1.807, 2.05) is 0 Å². The van der Waals surface area contributed by atoms with Crippen LogP contribution in [0.2, 0.25) is 0 Å². The smallest absolute Gasteiger partial charge is 0.328 e. The summed E-state index contributed by atoms with van der Waals surface area (Å²) in [5.74, 6) is -1.99. The van der Waals surface area contributed by atoms with E-state index in [-0.39, 0.29) is 17.9 Å². The number of urea groups is 1. The lowest BCUT2D eigenvalue weighted by Gasteiger charge is -2.33. The third-order valence-corrected chi connectivity index (χ3v) is 3.57. The van der Waals surface area contributed by atoms with Gasteiger partial charge in [0.25, 0.3) is 0 Å². The molecule has 0 aromatic heterocycles. The van der Waals surface area contributed by atoms with Gasteiger partial charge < -0.3 is 25.3 Å². The number of carbonyl (C=O) groups excluding carboxylic acids is 2. The van der Waals surface area contributed by atoms with E-state index in [0.29, 0.717) is 25.9 Å². The minimum Gasteiger partial charge on any atom is -0.480 e. The van der Waals surface area contributed by atoms with Gasteiger partial charge in [0.2, 0.25) is 5.91 Å². The molecule has 0 bridgehead atoms. The highest BCUT2D eigenvalue weighted by atomic mass is 16.4. The summed E-state index contributed by atoms with van der Waals surface area (Å²) < 4.78 is 0. The van der Waals surface area contributed by atoms with Gasteiger partial charge >= 0.3 is 12.0 Å². The summed E-state index contributed by atoms with van der Waals surface area (Å²) in [6.07, 6.45) is -0.198. The Bertz CT molecular complexity index is 403. The van der Waals surface area contributed by atoms with Crippen LogP contribution in [0.15, 0.2) is 0 Å². The van der Waals surface area contributed by atoms with Crippen LogP contribution in [0.25, 0.3) is 0 Å². The molecule has 1 aliphatic heterocycles. The molecule has 0 saturated carbocycles. The van der Waals surface area contributed by atoms with Gasteiger partial charge in [-0.05, 0) is 19.8 Å². The monoisotopic (exact) mass is 301 g/mol. The lowest BCUT2D eigenvalue weighted by Crippen LogP contribution is -2.52. The van der Waals surface area contributed by atoms with Gasteiger partial charge in [-0.15, -0.1) is 0 Å². The second-order valence-electron chi connectivity index (χ2n) is 5.50. The van der Waals surface area contributed by atoms with Crippen molar-refractivity contribution >= 4 is 17.9 Å². The molecule has 0 spiro atoms. The van der Waals surface area contributed by atoms with E-state index in [1.165, 1.54) is 11.8 Å². The predicted octanol–water partition coefficient (Wildman–Crippen LogP) is -0.670. The van der Waals surface area contributed by atoms with Crippen molar-refractivity contribution in [3.8, 4) is 0 Å². The lowest BCUT2D eigenvalue weighted by atomic mass is 9.95. The Morgan fingerprint density at radius 2 is 1.76 bits per heavy atom. The largest absolute Gasteiger partial charge is 0.480 e. The standard InChI is InChI=1S/C13H23N3O5/c1-8(17)10(12(19)20)14-11(18)9-4-6-16(7-5-9)13(21)15(2)3/h8-10,17H,4-7H2,1-3H3,(H,14,18)(H,19,20)/t8-,10+/m1/s1. The summed E-state index contributed by atoms with van der Waals surface area (Å²) in [6.45, 7) is 2.24. The Labute approximate surface area is 123 Å². The number of carbonyl (C=O) groups is 3. The second-order valence-corrected chi connectivity index (χ2v) is 5.50. The highest BCUT2D eigenvalue weighted by molar-refractivity contribution is 5.85. The first-order valence-electron chi connectivity index (χ1n) is 6.91. The highest BCUT2D eigenvalue weighted by Gasteiger charge is 2.31. The van der Waals surface area contributed by atoms with Crippen molar-refractivity contribution in [2.75, 3.05) is 27.2 Å². The number of nitrogens with zero attached hydrogens (tertiary/aromatic N) is 2. The molecule has 1 rings (SSSR count). The first kappa shape index (κ1) is 17.2. The van der Waals surface area contributed by atoms with E-state index in [9.17, 15) is 19.5 Å². The Morgan fingerprint density at radius 1 is 1.24 bits per heavy atom. The maximum Gasteiger partial charge on any atom is 0.328 e. The third-order valence-electron chi connectivity index (χ3n) is 3.57. The normalized spacial score (nSPS) is 18.8. The molecule has 0 aromatic carbocycles. The molecule has 3 amide bonds. The van der Waals surface area contributed by atoms with Crippen LogP contribution in [0, 0.1) is 5.92 Å². The predicted molar refractivity (Wildman–Crippen MR) is 74.6 cm³/mol. The van der Waals surface area contributed by atoms with Gasteiger partial charge in [-0.25, -0.2) is 9.59 Å². The number of nitrogens with one attached hydrogen (secondary N) is 1. The van der Waals surface area contributed by atoms with E-state index in [2.05, 4.69) is 5.32 Å². The summed E-state index contributed by atoms with van der Waals surface area (Å²) in [6, 6.07) is -1.40. The Morgan fingerprint density at radius 3 is 2.14 bits per heavy atom. The number of likely N-dealkylation sites (tertiary alicyclic amines) is 1. The molecular formula is C13H23N3O5. The number of carboxylic acid groups (broad SMARTS) is 1. The first-order valence-corrected chi connectivity index (χ1v) is 6.91. The van der Waals surface area contributed by atoms with Crippen molar-refractivity contribution in [3.63, 3.8) is 0 Å². The van der Waals surface area contributed by atoms with Crippen molar-refractivity contribution in [2.24, 2.45) is 5.92 Å². The fraction of sp³-hybridized carbons (Fsp3) is 0.769. The van der Waals surface area contributed by atoms with Crippen LogP contribution in [0.3, 0.4) is 0 Å². The van der Waals surface area contributed by atoms with Gasteiger partial charge in [-0.2, -0.15) is 0 Å². The zero-order valence-corrected chi connectivity index (χ0v) is 12.6. The maximum atomic E-state index is 12.0. The quantitative estimate of drug-likeness (QED) is 0.638. The van der Waals surface area contributed by atoms with Crippen LogP contribution >= 0.6 is 0 Å². The molecule has 0 radical (unpaired) electrons. The highest BCUT2D eigenvalue weighted by Crippen LogP contribution is 2.18. The van der Waals surface area contributed by atoms with E-state index in [0.717, 1.165) is 0 Å². The molecule has 2 atom stereocenters. The molecule has 0 aromatic rings. The number of aliphatic hydroxyl groups excluding tert-OH is 1. The average molecular weight is 301 g/mol. The molecular weight excluding hydrogens is 278 g/mol. The fourth-order valence-corrected chi connectivity index (χ4v) is 2.28. The number of hydrogen-bond donors (Lipinski definition) is 3. The molecule has 1 aliphatic rings. The van der Waals surface area contributed by atoms with Gasteiger partial charge in [-0.1, -0.05) is 0 Å². The van der Waals surface area contributed by atoms with Crippen molar-refractivity contribution in [2.45, 2.75) is 31.9 Å². The van der Waals surface area contributed by atoms with Crippen molar-refractivity contribution in [1.82, 2.24) is 15.1 Å². The Kier molecular flexibility index (Phi) is 5.95. The van der Waals surface area contributed by atoms with Crippen molar-refractivity contribution < 1.29 is 24.6 Å². The van der Waals surface area contributed by atoms with E-state index in [4.69, 9.17) is 5.11 Å². The Hall–Kier alpha value is -1.83. The molecule has 8 nitrogen and oxygen atoms in total. The van der Waals surface area contributed by atoms with Gasteiger partial charge in [-0.3, -0.25) is 4.79 Å². The SMILES string of the molecule is C[C@@H](O)[C@H](NC(=O)C1CCN(C(=O)N(C)C)CC1)C(=O)O. The van der Waals surface area contributed by atoms with Crippen LogP contribution in [0.5, 0.6) is 0 Å². The van der Waals surface area contributed by atoms with E-state index in [1.54, 1.807) is 19.0 Å². The topological polar surface area (TPSA) is 110 Å². The number of carboxylic acids is 1. The molecule has 0 aliphatic carbocycles. The summed E-state index contributed by atoms with van der Waals surface area (Å²) in [7, 11) is 3.34. The van der Waals surface area contributed by atoms with Crippen LogP contribution in [-0.2, 0) is 9.59 Å². The average Bonchev–Trinajstić information content (AvgIpc) is 2.42. The number of aliphatic hydroxyl groups is 1. The molecule has 21 heavy (non-hydrogen) atoms. The maximum absolute atomic E-state index is 12.0. The first-order chi connectivity index (χ1) is 9.73. The van der Waals surface area contributed by atoms with Crippen LogP contribution < -0.4 is 5.32 Å². The zero-order chi connectivity index (χ0) is 16.2. The summed E-state index contributed by atoms with van der Waals surface area (Å²) in [4.78, 5) is 37.9. The molecule has 0 unspecified atom stereocenters. The fourth-order valence-electron chi connectivity index (χ4n) is 2.28. The summed E-state index contributed by atoms with van der Waals surface area (Å²) in [5.41, 5.74) is 0. The number of piperidine rings is 1. The zero-order valence-electron chi connectivity index (χ0n) is 12.6. The van der Waals surface area contributed by atoms with Crippen LogP contribution in [0.4, 0.5) is 4.79 Å². The summed E-state index contributed by atoms with van der Waals surface area (Å²) >= 11 is 0. The van der Waals surface area contributed by atoms with Gasteiger partial charge in [0.15, 0.2) is 6.04 Å². The second kappa shape index (κ2) is 7.26. The van der Waals surface area contributed by atoms with E-state index < -0.39 is 18.1 Å². The molecule has 1 saturated heterocycles. The number of aliphatic carboxylic acids is 1. The minimum absolute atomic E-state index is 0.0961. The molecule has 1 fully saturated rings. The van der Waals surface area contributed by atoms with Crippen LogP contribution in [-0.4, -0.2) is 77.3 Å². The number of amides is 3. The lowest BCUT2D eigenvalue weighted by molar-refractivity contribution is -0.145. The number of rotatable bonds is 4. The third kappa shape index (κ3) is 4.59. The van der Waals surface area contributed by atoms with Gasteiger partial charge in [0, 0.05) is 33.1 Å². The molecule has 1 heterocycles.